The lowest BCUT2D eigenvalue weighted by Gasteiger charge is -2.07. The Morgan fingerprint density at radius 3 is 2.44 bits per heavy atom. The molecular formula is C14H8Cl2FN. The van der Waals surface area contributed by atoms with E-state index < -0.39 is 0 Å². The fourth-order valence-electron chi connectivity index (χ4n) is 1.68. The zero-order valence-corrected chi connectivity index (χ0v) is 11.0. The molecule has 2 rings (SSSR count). The summed E-state index contributed by atoms with van der Waals surface area (Å²) in [4.78, 5) is 0. The van der Waals surface area contributed by atoms with Crippen LogP contribution in [-0.2, 0) is 0 Å². The highest BCUT2D eigenvalue weighted by atomic mass is 35.5. The van der Waals surface area contributed by atoms with Crippen LogP contribution in [0, 0.1) is 24.1 Å². The molecule has 0 saturated carbocycles. The second kappa shape index (κ2) is 4.97. The number of nitrogens with zero attached hydrogens (tertiary/aromatic N) is 1. The van der Waals surface area contributed by atoms with E-state index in [9.17, 15) is 4.39 Å². The number of benzene rings is 2. The number of hydrogen-bond donors (Lipinski definition) is 0. The molecule has 1 nitrogen and oxygen atoms in total. The lowest BCUT2D eigenvalue weighted by atomic mass is 9.98. The molecule has 0 spiro atoms. The van der Waals surface area contributed by atoms with Crippen molar-refractivity contribution < 1.29 is 4.39 Å². The third-order valence-corrected chi connectivity index (χ3v) is 3.39. The van der Waals surface area contributed by atoms with Crippen molar-refractivity contribution in [2.45, 2.75) is 6.92 Å². The topological polar surface area (TPSA) is 23.8 Å². The molecule has 0 atom stereocenters. The molecule has 2 aromatic carbocycles. The molecule has 0 heterocycles. The fraction of sp³-hybridized carbons (Fsp3) is 0.0714. The van der Waals surface area contributed by atoms with Crippen LogP contribution < -0.4 is 0 Å². The van der Waals surface area contributed by atoms with Crippen molar-refractivity contribution in [2.75, 3.05) is 0 Å². The Morgan fingerprint density at radius 1 is 1.11 bits per heavy atom. The Balaban J connectivity index is 2.67. The van der Waals surface area contributed by atoms with Crippen molar-refractivity contribution in [1.29, 1.82) is 5.26 Å². The van der Waals surface area contributed by atoms with Gasteiger partial charge in [-0.2, -0.15) is 5.26 Å². The summed E-state index contributed by atoms with van der Waals surface area (Å²) in [6.45, 7) is 1.62. The predicted molar refractivity (Wildman–Crippen MR) is 71.3 cm³/mol. The molecule has 0 radical (unpaired) electrons. The summed E-state index contributed by atoms with van der Waals surface area (Å²) >= 11 is 11.7. The van der Waals surface area contributed by atoms with Gasteiger partial charge in [-0.15, -0.1) is 0 Å². The van der Waals surface area contributed by atoms with Gasteiger partial charge >= 0.3 is 0 Å². The van der Waals surface area contributed by atoms with Crippen LogP contribution in [0.5, 0.6) is 0 Å². The molecule has 0 saturated heterocycles. The van der Waals surface area contributed by atoms with E-state index in [-0.39, 0.29) is 5.82 Å². The van der Waals surface area contributed by atoms with Gasteiger partial charge in [0.05, 0.1) is 21.7 Å². The van der Waals surface area contributed by atoms with Gasteiger partial charge in [-0.05, 0) is 42.3 Å². The zero-order chi connectivity index (χ0) is 13.3. The van der Waals surface area contributed by atoms with E-state index in [4.69, 9.17) is 28.5 Å². The first-order valence-corrected chi connectivity index (χ1v) is 5.94. The summed E-state index contributed by atoms with van der Waals surface area (Å²) in [5.74, 6) is -0.352. The van der Waals surface area contributed by atoms with E-state index in [1.807, 2.05) is 0 Å². The first-order valence-electron chi connectivity index (χ1n) is 5.18. The summed E-state index contributed by atoms with van der Waals surface area (Å²) in [6, 6.07) is 9.87. The molecule has 18 heavy (non-hydrogen) atoms. The van der Waals surface area contributed by atoms with Crippen LogP contribution in [0.15, 0.2) is 30.3 Å². The van der Waals surface area contributed by atoms with Crippen LogP contribution in [0.2, 0.25) is 10.0 Å². The highest BCUT2D eigenvalue weighted by Crippen LogP contribution is 2.31. The van der Waals surface area contributed by atoms with Gasteiger partial charge in [0.15, 0.2) is 0 Å². The van der Waals surface area contributed by atoms with Crippen LogP contribution in [-0.4, -0.2) is 0 Å². The molecule has 4 heteroatoms. The minimum absolute atomic E-state index is 0.352. The normalized spacial score (nSPS) is 10.2. The molecule has 0 amide bonds. The van der Waals surface area contributed by atoms with Crippen molar-refractivity contribution in [3.8, 4) is 17.2 Å². The average Bonchev–Trinajstić information content (AvgIpc) is 2.35. The minimum Gasteiger partial charge on any atom is -0.207 e. The third-order valence-electron chi connectivity index (χ3n) is 2.65. The van der Waals surface area contributed by atoms with Crippen LogP contribution >= 0.6 is 23.2 Å². The quantitative estimate of drug-likeness (QED) is 0.722. The summed E-state index contributed by atoms with van der Waals surface area (Å²) < 4.78 is 13.6. The fourth-order valence-corrected chi connectivity index (χ4v) is 1.97. The Hall–Kier alpha value is -1.56. The zero-order valence-electron chi connectivity index (χ0n) is 9.47. The maximum atomic E-state index is 13.6. The smallest absolute Gasteiger partial charge is 0.126 e. The Bertz CT molecular complexity index is 660. The number of rotatable bonds is 1. The van der Waals surface area contributed by atoms with Crippen molar-refractivity contribution in [3.05, 3.63) is 57.3 Å². The highest BCUT2D eigenvalue weighted by Gasteiger charge is 2.10. The van der Waals surface area contributed by atoms with E-state index in [2.05, 4.69) is 6.07 Å². The second-order valence-corrected chi connectivity index (χ2v) is 4.70. The number of aryl methyl sites for hydroxylation is 1. The summed E-state index contributed by atoms with van der Waals surface area (Å²) in [6.07, 6.45) is 0. The van der Waals surface area contributed by atoms with Gasteiger partial charge in [0, 0.05) is 5.56 Å². The van der Waals surface area contributed by atoms with Gasteiger partial charge in [0.2, 0.25) is 0 Å². The second-order valence-electron chi connectivity index (χ2n) is 3.89. The van der Waals surface area contributed by atoms with E-state index in [0.29, 0.717) is 32.3 Å². The maximum absolute atomic E-state index is 13.6. The monoisotopic (exact) mass is 279 g/mol. The molecule has 90 valence electrons. The molecule has 0 aliphatic rings. The molecule has 0 aromatic heterocycles. The SMILES string of the molecule is Cc1cc(C#N)c(-c2ccc(Cl)c(Cl)c2)cc1F. The van der Waals surface area contributed by atoms with Gasteiger partial charge in [-0.1, -0.05) is 29.3 Å². The number of nitriles is 1. The summed E-state index contributed by atoms with van der Waals surface area (Å²) in [7, 11) is 0. The van der Waals surface area contributed by atoms with Crippen molar-refractivity contribution in [2.24, 2.45) is 0 Å². The standard InChI is InChI=1S/C14H8Cl2FN/c1-8-4-10(7-18)11(6-14(8)17)9-2-3-12(15)13(16)5-9/h2-6H,1H3. The van der Waals surface area contributed by atoms with Gasteiger partial charge in [-0.3, -0.25) is 0 Å². The Labute approximate surface area is 114 Å². The van der Waals surface area contributed by atoms with Crippen molar-refractivity contribution in [3.63, 3.8) is 0 Å². The number of hydrogen-bond acceptors (Lipinski definition) is 1. The summed E-state index contributed by atoms with van der Waals surface area (Å²) in [5, 5.41) is 9.88. The first kappa shape index (κ1) is 12.9. The average molecular weight is 280 g/mol. The van der Waals surface area contributed by atoms with Crippen LogP contribution in [0.25, 0.3) is 11.1 Å². The largest absolute Gasteiger partial charge is 0.207 e. The predicted octanol–water partition coefficient (Wildman–Crippen LogP) is 4.98. The molecule has 0 aliphatic heterocycles. The van der Waals surface area contributed by atoms with Crippen LogP contribution in [0.1, 0.15) is 11.1 Å². The maximum Gasteiger partial charge on any atom is 0.126 e. The van der Waals surface area contributed by atoms with Crippen molar-refractivity contribution >= 4 is 23.2 Å². The first-order chi connectivity index (χ1) is 8.52. The molecule has 0 N–H and O–H groups in total. The highest BCUT2D eigenvalue weighted by molar-refractivity contribution is 6.42. The van der Waals surface area contributed by atoms with E-state index in [1.165, 1.54) is 12.1 Å². The third kappa shape index (κ3) is 2.33. The molecule has 0 fully saturated rings. The van der Waals surface area contributed by atoms with Gasteiger partial charge in [0.1, 0.15) is 5.82 Å². The molecular weight excluding hydrogens is 272 g/mol. The molecule has 0 unspecified atom stereocenters. The molecule has 0 bridgehead atoms. The van der Waals surface area contributed by atoms with Gasteiger partial charge < -0.3 is 0 Å². The van der Waals surface area contributed by atoms with E-state index in [1.54, 1.807) is 25.1 Å². The van der Waals surface area contributed by atoms with E-state index in [0.717, 1.165) is 0 Å². The molecule has 0 aliphatic carbocycles. The lowest BCUT2D eigenvalue weighted by Crippen LogP contribution is -1.90. The Kier molecular flexibility index (Phi) is 3.56. The van der Waals surface area contributed by atoms with Gasteiger partial charge in [-0.25, -0.2) is 4.39 Å². The molecule has 2 aromatic rings. The van der Waals surface area contributed by atoms with Crippen LogP contribution in [0.3, 0.4) is 0 Å². The lowest BCUT2D eigenvalue weighted by molar-refractivity contribution is 0.619. The van der Waals surface area contributed by atoms with Crippen molar-refractivity contribution in [1.82, 2.24) is 0 Å². The number of halogens is 3. The van der Waals surface area contributed by atoms with E-state index >= 15 is 0 Å². The minimum atomic E-state index is -0.352. The Morgan fingerprint density at radius 2 is 1.83 bits per heavy atom. The van der Waals surface area contributed by atoms with Gasteiger partial charge in [0.25, 0.3) is 0 Å². The summed E-state index contributed by atoms with van der Waals surface area (Å²) in [5.41, 5.74) is 2.03. The van der Waals surface area contributed by atoms with Crippen LogP contribution in [0.4, 0.5) is 4.39 Å².